The summed E-state index contributed by atoms with van der Waals surface area (Å²) in [6, 6.07) is 9.75. The minimum Gasteiger partial charge on any atom is -0.396 e. The van der Waals surface area contributed by atoms with Crippen molar-refractivity contribution in [2.75, 3.05) is 6.61 Å². The molecule has 2 unspecified atom stereocenters. The molecule has 1 aliphatic carbocycles. The molecule has 1 aromatic carbocycles. The third-order valence-electron chi connectivity index (χ3n) is 4.40. The molecule has 0 aliphatic heterocycles. The lowest BCUT2D eigenvalue weighted by atomic mass is 9.86. The lowest BCUT2D eigenvalue weighted by molar-refractivity contribution is 0.121. The van der Waals surface area contributed by atoms with Crippen LogP contribution in [0.3, 0.4) is 0 Å². The molecule has 0 bridgehead atoms. The maximum atomic E-state index is 12.1. The highest BCUT2D eigenvalue weighted by molar-refractivity contribution is 5.74. The summed E-state index contributed by atoms with van der Waals surface area (Å²) < 4.78 is 0. The summed E-state index contributed by atoms with van der Waals surface area (Å²) in [5.41, 5.74) is 0.895. The van der Waals surface area contributed by atoms with Crippen molar-refractivity contribution < 1.29 is 9.90 Å². The van der Waals surface area contributed by atoms with E-state index in [9.17, 15) is 9.90 Å². The second kappa shape index (κ2) is 6.27. The summed E-state index contributed by atoms with van der Waals surface area (Å²) in [7, 11) is 0. The first kappa shape index (κ1) is 14.9. The number of aliphatic hydroxyl groups is 1. The van der Waals surface area contributed by atoms with E-state index in [0.717, 1.165) is 24.8 Å². The van der Waals surface area contributed by atoms with E-state index in [0.29, 0.717) is 0 Å². The number of aliphatic hydroxyl groups excluding tert-OH is 1. The van der Waals surface area contributed by atoms with Crippen molar-refractivity contribution in [3.8, 4) is 0 Å². The molecule has 3 N–H and O–H groups in total. The van der Waals surface area contributed by atoms with Gasteiger partial charge in [-0.1, -0.05) is 43.7 Å². The van der Waals surface area contributed by atoms with E-state index in [4.69, 9.17) is 0 Å². The highest BCUT2D eigenvalue weighted by Crippen LogP contribution is 2.37. The SMILES string of the molecule is C[C@H](NC(=O)NC1CCCC1(C)CO)c1ccccc1. The lowest BCUT2D eigenvalue weighted by Crippen LogP contribution is -2.49. The van der Waals surface area contributed by atoms with Crippen molar-refractivity contribution in [2.45, 2.75) is 45.2 Å². The first-order chi connectivity index (χ1) is 9.55. The summed E-state index contributed by atoms with van der Waals surface area (Å²) in [5, 5.41) is 15.5. The molecule has 0 spiro atoms. The Labute approximate surface area is 120 Å². The number of rotatable bonds is 4. The van der Waals surface area contributed by atoms with E-state index < -0.39 is 0 Å². The second-order valence-electron chi connectivity index (χ2n) is 6.01. The lowest BCUT2D eigenvalue weighted by Gasteiger charge is -2.30. The summed E-state index contributed by atoms with van der Waals surface area (Å²) in [5.74, 6) is 0. The van der Waals surface area contributed by atoms with Crippen LogP contribution < -0.4 is 10.6 Å². The van der Waals surface area contributed by atoms with Crippen LogP contribution in [0.5, 0.6) is 0 Å². The van der Waals surface area contributed by atoms with E-state index >= 15 is 0 Å². The summed E-state index contributed by atoms with van der Waals surface area (Å²) in [4.78, 5) is 12.1. The zero-order valence-electron chi connectivity index (χ0n) is 12.2. The molecule has 0 radical (unpaired) electrons. The molecule has 1 aromatic rings. The Balaban J connectivity index is 1.90. The van der Waals surface area contributed by atoms with E-state index in [1.807, 2.05) is 44.2 Å². The van der Waals surface area contributed by atoms with Crippen LogP contribution in [0.2, 0.25) is 0 Å². The summed E-state index contributed by atoms with van der Waals surface area (Å²) in [6.45, 7) is 4.12. The van der Waals surface area contributed by atoms with E-state index in [1.165, 1.54) is 0 Å². The zero-order valence-corrected chi connectivity index (χ0v) is 12.2. The molecule has 2 rings (SSSR count). The smallest absolute Gasteiger partial charge is 0.315 e. The molecule has 2 amide bonds. The minimum atomic E-state index is -0.187. The Morgan fingerprint density at radius 1 is 1.45 bits per heavy atom. The number of urea groups is 1. The monoisotopic (exact) mass is 276 g/mol. The molecule has 3 atom stereocenters. The van der Waals surface area contributed by atoms with E-state index in [-0.39, 0.29) is 30.1 Å². The summed E-state index contributed by atoms with van der Waals surface area (Å²) in [6.07, 6.45) is 2.95. The van der Waals surface area contributed by atoms with Gasteiger partial charge in [-0.05, 0) is 25.3 Å². The number of carbonyl (C=O) groups excluding carboxylic acids is 1. The standard InChI is InChI=1S/C16H24N2O2/c1-12(13-7-4-3-5-8-13)17-15(20)18-14-9-6-10-16(14,2)11-19/h3-5,7-8,12,14,19H,6,9-11H2,1-2H3,(H2,17,18,20)/t12-,14?,16?/m0/s1. The second-order valence-corrected chi connectivity index (χ2v) is 6.01. The quantitative estimate of drug-likeness (QED) is 0.791. The van der Waals surface area contributed by atoms with Crippen molar-refractivity contribution in [2.24, 2.45) is 5.41 Å². The Morgan fingerprint density at radius 3 is 2.80 bits per heavy atom. The molecule has 1 aliphatic rings. The molecule has 0 aromatic heterocycles. The number of carbonyl (C=O) groups is 1. The van der Waals surface area contributed by atoms with Crippen LogP contribution in [0.4, 0.5) is 4.79 Å². The fourth-order valence-corrected chi connectivity index (χ4v) is 2.89. The normalized spacial score (nSPS) is 27.1. The fourth-order valence-electron chi connectivity index (χ4n) is 2.89. The van der Waals surface area contributed by atoms with Gasteiger partial charge < -0.3 is 15.7 Å². The van der Waals surface area contributed by atoms with Gasteiger partial charge in [-0.15, -0.1) is 0 Å². The van der Waals surface area contributed by atoms with Gasteiger partial charge in [0.1, 0.15) is 0 Å². The predicted molar refractivity (Wildman–Crippen MR) is 79.4 cm³/mol. The van der Waals surface area contributed by atoms with Gasteiger partial charge in [-0.3, -0.25) is 0 Å². The van der Waals surface area contributed by atoms with E-state index in [2.05, 4.69) is 10.6 Å². The van der Waals surface area contributed by atoms with Gasteiger partial charge in [-0.2, -0.15) is 0 Å². The van der Waals surface area contributed by atoms with Gasteiger partial charge in [0.15, 0.2) is 0 Å². The van der Waals surface area contributed by atoms with Gasteiger partial charge in [0.2, 0.25) is 0 Å². The van der Waals surface area contributed by atoms with Gasteiger partial charge in [0, 0.05) is 11.5 Å². The number of amides is 2. The third-order valence-corrected chi connectivity index (χ3v) is 4.40. The first-order valence-corrected chi connectivity index (χ1v) is 7.28. The molecular formula is C16H24N2O2. The first-order valence-electron chi connectivity index (χ1n) is 7.28. The number of hydrogen-bond donors (Lipinski definition) is 3. The number of nitrogens with one attached hydrogen (secondary N) is 2. The van der Waals surface area contributed by atoms with Crippen molar-refractivity contribution in [1.29, 1.82) is 0 Å². The van der Waals surface area contributed by atoms with Crippen molar-refractivity contribution in [3.63, 3.8) is 0 Å². The van der Waals surface area contributed by atoms with Gasteiger partial charge in [-0.25, -0.2) is 4.79 Å². The molecule has 4 nitrogen and oxygen atoms in total. The fraction of sp³-hybridized carbons (Fsp3) is 0.562. The van der Waals surface area contributed by atoms with Crippen LogP contribution in [-0.2, 0) is 0 Å². The van der Waals surface area contributed by atoms with E-state index in [1.54, 1.807) is 0 Å². The van der Waals surface area contributed by atoms with Crippen LogP contribution in [0.1, 0.15) is 44.7 Å². The average molecular weight is 276 g/mol. The molecule has 1 fully saturated rings. The molecule has 110 valence electrons. The molecule has 0 saturated heterocycles. The number of hydrogen-bond acceptors (Lipinski definition) is 2. The average Bonchev–Trinajstić information content (AvgIpc) is 2.81. The van der Waals surface area contributed by atoms with Crippen LogP contribution in [-0.4, -0.2) is 23.8 Å². The van der Waals surface area contributed by atoms with Crippen molar-refractivity contribution in [1.82, 2.24) is 10.6 Å². The summed E-state index contributed by atoms with van der Waals surface area (Å²) >= 11 is 0. The molecular weight excluding hydrogens is 252 g/mol. The molecule has 0 heterocycles. The Kier molecular flexibility index (Phi) is 4.65. The van der Waals surface area contributed by atoms with Crippen molar-refractivity contribution >= 4 is 6.03 Å². The van der Waals surface area contributed by atoms with Crippen LogP contribution in [0, 0.1) is 5.41 Å². The van der Waals surface area contributed by atoms with Gasteiger partial charge in [0.25, 0.3) is 0 Å². The number of benzene rings is 1. The van der Waals surface area contributed by atoms with Crippen molar-refractivity contribution in [3.05, 3.63) is 35.9 Å². The Bertz CT molecular complexity index is 449. The largest absolute Gasteiger partial charge is 0.396 e. The van der Waals surface area contributed by atoms with Crippen LogP contribution in [0.25, 0.3) is 0 Å². The zero-order chi connectivity index (χ0) is 14.6. The van der Waals surface area contributed by atoms with Crippen LogP contribution in [0.15, 0.2) is 30.3 Å². The minimum absolute atomic E-state index is 0.0296. The Hall–Kier alpha value is -1.55. The molecule has 4 heteroatoms. The molecule has 20 heavy (non-hydrogen) atoms. The third kappa shape index (κ3) is 3.31. The highest BCUT2D eigenvalue weighted by Gasteiger charge is 2.39. The van der Waals surface area contributed by atoms with Crippen LogP contribution >= 0.6 is 0 Å². The van der Waals surface area contributed by atoms with Gasteiger partial charge in [0.05, 0.1) is 12.6 Å². The predicted octanol–water partition coefficient (Wildman–Crippen LogP) is 2.60. The highest BCUT2D eigenvalue weighted by atomic mass is 16.3. The molecule has 1 saturated carbocycles. The van der Waals surface area contributed by atoms with Gasteiger partial charge >= 0.3 is 6.03 Å². The maximum absolute atomic E-state index is 12.1. The maximum Gasteiger partial charge on any atom is 0.315 e. The Morgan fingerprint density at radius 2 is 2.15 bits per heavy atom. The topological polar surface area (TPSA) is 61.4 Å².